The smallest absolute Gasteiger partial charge is 0.0680 e. The predicted molar refractivity (Wildman–Crippen MR) is 113 cm³/mol. The summed E-state index contributed by atoms with van der Waals surface area (Å²) in [6, 6.07) is 22.7. The number of nitrogens with zero attached hydrogens (tertiary/aromatic N) is 2. The van der Waals surface area contributed by atoms with E-state index >= 15 is 0 Å². The molecule has 2 aliphatic heterocycles. The average Bonchev–Trinajstić information content (AvgIpc) is 3.09. The minimum absolute atomic E-state index is 0.989. The summed E-state index contributed by atoms with van der Waals surface area (Å²) < 4.78 is 0. The molecule has 0 saturated carbocycles. The van der Waals surface area contributed by atoms with Crippen LogP contribution in [0.1, 0.15) is 33.4 Å². The van der Waals surface area contributed by atoms with Crippen molar-refractivity contribution in [3.63, 3.8) is 0 Å². The van der Waals surface area contributed by atoms with E-state index in [9.17, 15) is 0 Å². The van der Waals surface area contributed by atoms with Crippen molar-refractivity contribution in [3.05, 3.63) is 106 Å². The summed E-state index contributed by atoms with van der Waals surface area (Å²) in [5.74, 6) is 0. The Bertz CT molecular complexity index is 1300. The summed E-state index contributed by atoms with van der Waals surface area (Å²) in [6.45, 7) is 0. The van der Waals surface area contributed by atoms with E-state index in [0.717, 1.165) is 19.3 Å². The molecule has 1 aliphatic carbocycles. The van der Waals surface area contributed by atoms with Gasteiger partial charge in [0.15, 0.2) is 0 Å². The molecule has 132 valence electrons. The van der Waals surface area contributed by atoms with E-state index in [0.29, 0.717) is 0 Å². The molecule has 0 spiro atoms. The van der Waals surface area contributed by atoms with Gasteiger partial charge in [-0.25, -0.2) is 0 Å². The molecule has 0 saturated heterocycles. The predicted octanol–water partition coefficient (Wildman–Crippen LogP) is 5.93. The molecule has 0 atom stereocenters. The van der Waals surface area contributed by atoms with Crippen LogP contribution in [-0.4, -0.2) is 4.98 Å². The van der Waals surface area contributed by atoms with Crippen molar-refractivity contribution in [2.75, 3.05) is 4.90 Å². The summed E-state index contributed by atoms with van der Waals surface area (Å²) in [5, 5.41) is 0. The van der Waals surface area contributed by atoms with Gasteiger partial charge >= 0.3 is 0 Å². The summed E-state index contributed by atoms with van der Waals surface area (Å²) in [5.41, 5.74) is 15.3. The normalized spacial score (nSPS) is 14.6. The lowest BCUT2D eigenvalue weighted by atomic mass is 9.85. The second-order valence-electron chi connectivity index (χ2n) is 8.09. The van der Waals surface area contributed by atoms with E-state index in [1.54, 1.807) is 0 Å². The van der Waals surface area contributed by atoms with Crippen molar-refractivity contribution in [3.8, 4) is 11.1 Å². The first-order valence-corrected chi connectivity index (χ1v) is 9.95. The van der Waals surface area contributed by atoms with Gasteiger partial charge in [0.05, 0.1) is 23.3 Å². The first-order valence-electron chi connectivity index (χ1n) is 9.95. The quantitative estimate of drug-likeness (QED) is 0.334. The minimum atomic E-state index is 0.989. The molecule has 0 amide bonds. The first kappa shape index (κ1) is 14.6. The van der Waals surface area contributed by atoms with Crippen LogP contribution in [0.25, 0.3) is 11.1 Å². The van der Waals surface area contributed by atoms with Crippen LogP contribution in [0.15, 0.2) is 73.1 Å². The van der Waals surface area contributed by atoms with Crippen molar-refractivity contribution in [1.82, 2.24) is 4.98 Å². The molecule has 4 aromatic rings. The van der Waals surface area contributed by atoms with Crippen molar-refractivity contribution in [2.24, 2.45) is 0 Å². The fourth-order valence-corrected chi connectivity index (χ4v) is 5.33. The molecular formula is C26H18N2. The number of fused-ring (bicyclic) bond motifs is 7. The second-order valence-corrected chi connectivity index (χ2v) is 8.09. The van der Waals surface area contributed by atoms with Gasteiger partial charge in [0.2, 0.25) is 0 Å². The van der Waals surface area contributed by atoms with E-state index in [2.05, 4.69) is 70.5 Å². The third-order valence-electron chi connectivity index (χ3n) is 6.55. The van der Waals surface area contributed by atoms with Crippen LogP contribution in [0.3, 0.4) is 0 Å². The molecule has 3 aromatic carbocycles. The number of hydrogen-bond acceptors (Lipinski definition) is 2. The van der Waals surface area contributed by atoms with Crippen LogP contribution in [-0.2, 0) is 19.3 Å². The van der Waals surface area contributed by atoms with Gasteiger partial charge in [-0.3, -0.25) is 4.98 Å². The highest BCUT2D eigenvalue weighted by Gasteiger charge is 2.33. The first-order chi connectivity index (χ1) is 13.9. The van der Waals surface area contributed by atoms with E-state index in [4.69, 9.17) is 0 Å². The highest BCUT2D eigenvalue weighted by atomic mass is 15.2. The number of anilines is 3. The number of pyridine rings is 1. The standard InChI is InChI=1S/C26H18N2/c1-2-7-22-16(4-1)10-20-14-24-21(13-23(20)22)12-19-6-3-5-18-11-17-8-9-27-15-25(17)28(24)26(18)19/h1-9,13-15H,10-12H2. The molecule has 7 rings (SSSR count). The molecular weight excluding hydrogens is 340 g/mol. The van der Waals surface area contributed by atoms with Gasteiger partial charge in [0, 0.05) is 19.0 Å². The summed E-state index contributed by atoms with van der Waals surface area (Å²) in [4.78, 5) is 6.93. The number of aromatic nitrogens is 1. The Morgan fingerprint density at radius 3 is 2.32 bits per heavy atom. The van der Waals surface area contributed by atoms with Crippen molar-refractivity contribution in [2.45, 2.75) is 19.3 Å². The van der Waals surface area contributed by atoms with Gasteiger partial charge in [-0.15, -0.1) is 0 Å². The van der Waals surface area contributed by atoms with E-state index in [1.807, 2.05) is 12.4 Å². The van der Waals surface area contributed by atoms with Gasteiger partial charge in [0.25, 0.3) is 0 Å². The molecule has 1 aromatic heterocycles. The van der Waals surface area contributed by atoms with Crippen molar-refractivity contribution >= 4 is 17.1 Å². The second kappa shape index (κ2) is 5.11. The summed E-state index contributed by atoms with van der Waals surface area (Å²) in [7, 11) is 0. The maximum Gasteiger partial charge on any atom is 0.0680 e. The molecule has 0 unspecified atom stereocenters. The maximum atomic E-state index is 4.46. The Hall–Kier alpha value is -3.39. The van der Waals surface area contributed by atoms with Gasteiger partial charge in [-0.05, 0) is 69.1 Å². The highest BCUT2D eigenvalue weighted by molar-refractivity contribution is 5.91. The van der Waals surface area contributed by atoms with Crippen LogP contribution in [0.2, 0.25) is 0 Å². The van der Waals surface area contributed by atoms with Gasteiger partial charge in [-0.1, -0.05) is 42.5 Å². The SMILES string of the molecule is c1ccc2c(c1)Cc1cc3c(cc1-2)Cc1cccc2c1N3c1cnccc1C2. The van der Waals surface area contributed by atoms with Gasteiger partial charge in [-0.2, -0.15) is 0 Å². The molecule has 0 fully saturated rings. The molecule has 2 nitrogen and oxygen atoms in total. The zero-order valence-electron chi connectivity index (χ0n) is 15.4. The molecule has 3 heterocycles. The van der Waals surface area contributed by atoms with Crippen LogP contribution in [0, 0.1) is 0 Å². The molecule has 28 heavy (non-hydrogen) atoms. The Balaban J connectivity index is 1.51. The third kappa shape index (κ3) is 1.80. The monoisotopic (exact) mass is 358 g/mol. The summed E-state index contributed by atoms with van der Waals surface area (Å²) >= 11 is 0. The Morgan fingerprint density at radius 2 is 1.39 bits per heavy atom. The average molecular weight is 358 g/mol. The Kier molecular flexibility index (Phi) is 2.67. The van der Waals surface area contributed by atoms with Crippen LogP contribution >= 0.6 is 0 Å². The van der Waals surface area contributed by atoms with Crippen LogP contribution in [0.5, 0.6) is 0 Å². The molecule has 3 aliphatic rings. The van der Waals surface area contributed by atoms with Crippen molar-refractivity contribution in [1.29, 1.82) is 0 Å². The molecule has 0 N–H and O–H groups in total. The number of benzene rings is 3. The van der Waals surface area contributed by atoms with Crippen LogP contribution < -0.4 is 4.90 Å². The maximum absolute atomic E-state index is 4.46. The molecule has 0 radical (unpaired) electrons. The third-order valence-corrected chi connectivity index (χ3v) is 6.55. The zero-order valence-corrected chi connectivity index (χ0v) is 15.4. The lowest BCUT2D eigenvalue weighted by molar-refractivity contribution is 0.999. The lowest BCUT2D eigenvalue weighted by Crippen LogP contribution is -2.25. The summed E-state index contributed by atoms with van der Waals surface area (Å²) in [6.07, 6.45) is 6.97. The Morgan fingerprint density at radius 1 is 0.607 bits per heavy atom. The number of rotatable bonds is 0. The van der Waals surface area contributed by atoms with E-state index < -0.39 is 0 Å². The van der Waals surface area contributed by atoms with Crippen LogP contribution in [0.4, 0.5) is 17.1 Å². The molecule has 2 heteroatoms. The fraction of sp³-hybridized carbons (Fsp3) is 0.115. The minimum Gasteiger partial charge on any atom is -0.308 e. The number of para-hydroxylation sites is 1. The largest absolute Gasteiger partial charge is 0.308 e. The number of hydrogen-bond donors (Lipinski definition) is 0. The van der Waals surface area contributed by atoms with E-state index in [1.165, 1.54) is 61.6 Å². The molecule has 0 bridgehead atoms. The zero-order chi connectivity index (χ0) is 18.2. The van der Waals surface area contributed by atoms with Gasteiger partial charge < -0.3 is 4.90 Å². The van der Waals surface area contributed by atoms with Crippen molar-refractivity contribution < 1.29 is 0 Å². The lowest BCUT2D eigenvalue weighted by Gasteiger charge is -2.39. The fourth-order valence-electron chi connectivity index (χ4n) is 5.33. The topological polar surface area (TPSA) is 16.1 Å². The van der Waals surface area contributed by atoms with E-state index in [-0.39, 0.29) is 0 Å². The van der Waals surface area contributed by atoms with Gasteiger partial charge in [0.1, 0.15) is 0 Å². The highest BCUT2D eigenvalue weighted by Crippen LogP contribution is 2.52. The Labute approximate surface area is 164 Å².